The van der Waals surface area contributed by atoms with Crippen LogP contribution >= 0.6 is 7.60 Å². The molecule has 0 saturated heterocycles. The Kier molecular flexibility index (Phi) is 4.65. The molecule has 0 heterocycles. The van der Waals surface area contributed by atoms with Crippen LogP contribution in [0.1, 0.15) is 12.0 Å². The summed E-state index contributed by atoms with van der Waals surface area (Å²) in [5.74, 6) is -1.26. The summed E-state index contributed by atoms with van der Waals surface area (Å²) in [7, 11) is -4.25. The van der Waals surface area contributed by atoms with E-state index in [0.29, 0.717) is 5.56 Å². The van der Waals surface area contributed by atoms with Gasteiger partial charge in [0.1, 0.15) is 5.54 Å². The van der Waals surface area contributed by atoms with Gasteiger partial charge in [-0.1, -0.05) is 30.3 Å². The normalized spacial score (nSPS) is 15.1. The summed E-state index contributed by atoms with van der Waals surface area (Å²) >= 11 is 0. The largest absolute Gasteiger partial charge is 0.480 e. The molecule has 0 saturated carbocycles. The fourth-order valence-electron chi connectivity index (χ4n) is 1.58. The lowest BCUT2D eigenvalue weighted by molar-refractivity contribution is -0.143. The fourth-order valence-corrected chi connectivity index (χ4v) is 2.27. The summed E-state index contributed by atoms with van der Waals surface area (Å²) in [4.78, 5) is 28.7. The molecule has 6 nitrogen and oxygen atoms in total. The number of benzene rings is 1. The van der Waals surface area contributed by atoms with Crippen LogP contribution < -0.4 is 5.73 Å². The van der Waals surface area contributed by atoms with Gasteiger partial charge in [0, 0.05) is 6.42 Å². The van der Waals surface area contributed by atoms with Crippen molar-refractivity contribution in [2.24, 2.45) is 5.73 Å². The minimum atomic E-state index is -4.25. The molecule has 100 valence electrons. The summed E-state index contributed by atoms with van der Waals surface area (Å²) < 4.78 is 10.8. The Morgan fingerprint density at radius 1 is 1.28 bits per heavy atom. The van der Waals surface area contributed by atoms with Crippen LogP contribution in [0.4, 0.5) is 0 Å². The number of hydrogen-bond acceptors (Lipinski definition) is 3. The molecule has 7 heteroatoms. The van der Waals surface area contributed by atoms with Gasteiger partial charge < -0.3 is 20.6 Å². The van der Waals surface area contributed by atoms with Gasteiger partial charge in [-0.25, -0.2) is 0 Å². The Morgan fingerprint density at radius 2 is 1.83 bits per heavy atom. The van der Waals surface area contributed by atoms with Crippen LogP contribution in [0.2, 0.25) is 0 Å². The molecule has 0 amide bonds. The first kappa shape index (κ1) is 14.9. The molecule has 0 fully saturated rings. The van der Waals surface area contributed by atoms with Crippen LogP contribution in [0.3, 0.4) is 0 Å². The quantitative estimate of drug-likeness (QED) is 0.562. The molecular formula is C11H16NO5P. The van der Waals surface area contributed by atoms with Crippen LogP contribution in [0, 0.1) is 0 Å². The lowest BCUT2D eigenvalue weighted by Crippen LogP contribution is -2.50. The van der Waals surface area contributed by atoms with Crippen molar-refractivity contribution in [1.82, 2.24) is 0 Å². The lowest BCUT2D eigenvalue weighted by atomic mass is 9.89. The minimum Gasteiger partial charge on any atom is -0.480 e. The van der Waals surface area contributed by atoms with Crippen molar-refractivity contribution in [3.8, 4) is 0 Å². The zero-order chi connectivity index (χ0) is 13.8. The molecule has 0 aliphatic heterocycles. The number of rotatable bonds is 6. The van der Waals surface area contributed by atoms with Crippen LogP contribution in [0.5, 0.6) is 0 Å². The summed E-state index contributed by atoms with van der Waals surface area (Å²) in [6.07, 6.45) is -0.784. The van der Waals surface area contributed by atoms with Crippen LogP contribution in [0.25, 0.3) is 0 Å². The summed E-state index contributed by atoms with van der Waals surface area (Å²) in [5, 5.41) is 9.11. The van der Waals surface area contributed by atoms with Gasteiger partial charge in [0.2, 0.25) is 0 Å². The molecule has 0 aliphatic carbocycles. The first-order valence-corrected chi connectivity index (χ1v) is 7.13. The van der Waals surface area contributed by atoms with Gasteiger partial charge in [-0.15, -0.1) is 0 Å². The standard InChI is InChI=1S/C11H16NO5P/c12-11(10(13)14,6-7-18(15,16)17)8-9-4-2-1-3-5-9/h1-5H,6-8,12H2,(H,13,14)(H2,15,16,17)/t11-/m1/s1. The molecule has 1 aromatic carbocycles. The highest BCUT2D eigenvalue weighted by atomic mass is 31.2. The van der Waals surface area contributed by atoms with E-state index < -0.39 is 25.3 Å². The van der Waals surface area contributed by atoms with Crippen molar-refractivity contribution in [2.75, 3.05) is 6.16 Å². The van der Waals surface area contributed by atoms with E-state index in [1.165, 1.54) is 0 Å². The van der Waals surface area contributed by atoms with Gasteiger partial charge in [-0.2, -0.15) is 0 Å². The van der Waals surface area contributed by atoms with Crippen LogP contribution in [0.15, 0.2) is 30.3 Å². The second kappa shape index (κ2) is 5.63. The fraction of sp³-hybridized carbons (Fsp3) is 0.364. The van der Waals surface area contributed by atoms with Crippen molar-refractivity contribution in [1.29, 1.82) is 0 Å². The molecule has 0 bridgehead atoms. The van der Waals surface area contributed by atoms with Gasteiger partial charge in [-0.05, 0) is 12.0 Å². The number of hydrogen-bond donors (Lipinski definition) is 4. The third-order valence-electron chi connectivity index (χ3n) is 2.64. The Morgan fingerprint density at radius 3 is 2.28 bits per heavy atom. The molecule has 1 atom stereocenters. The van der Waals surface area contributed by atoms with E-state index in [0.717, 1.165) is 0 Å². The lowest BCUT2D eigenvalue weighted by Gasteiger charge is -2.25. The van der Waals surface area contributed by atoms with Gasteiger partial charge >= 0.3 is 13.6 Å². The summed E-state index contributed by atoms with van der Waals surface area (Å²) in [6, 6.07) is 8.74. The smallest absolute Gasteiger partial charge is 0.325 e. The SMILES string of the molecule is N[C@](CCP(=O)(O)O)(Cc1ccccc1)C(=O)O. The zero-order valence-corrected chi connectivity index (χ0v) is 10.6. The number of carboxylic acid groups (broad SMARTS) is 1. The van der Waals surface area contributed by atoms with Crippen molar-refractivity contribution >= 4 is 13.6 Å². The van der Waals surface area contributed by atoms with Crippen LogP contribution in [-0.2, 0) is 15.8 Å². The number of aliphatic carboxylic acids is 1. The minimum absolute atomic E-state index is 0.0309. The maximum Gasteiger partial charge on any atom is 0.325 e. The third-order valence-corrected chi connectivity index (χ3v) is 3.44. The Labute approximate surface area is 105 Å². The molecule has 0 spiro atoms. The van der Waals surface area contributed by atoms with E-state index in [4.69, 9.17) is 20.6 Å². The maximum atomic E-state index is 11.2. The van der Waals surface area contributed by atoms with E-state index in [1.54, 1.807) is 30.3 Å². The predicted octanol–water partition coefficient (Wildman–Crippen LogP) is 0.579. The molecule has 18 heavy (non-hydrogen) atoms. The summed E-state index contributed by atoms with van der Waals surface area (Å²) in [6.45, 7) is 0. The molecule has 5 N–H and O–H groups in total. The van der Waals surface area contributed by atoms with Gasteiger partial charge in [0.15, 0.2) is 0 Å². The Hall–Kier alpha value is -1.20. The molecule has 0 unspecified atom stereocenters. The van der Waals surface area contributed by atoms with E-state index in [-0.39, 0.29) is 12.8 Å². The molecule has 0 aliphatic rings. The Balaban J connectivity index is 2.81. The van der Waals surface area contributed by atoms with Crippen LogP contribution in [-0.4, -0.2) is 32.6 Å². The highest BCUT2D eigenvalue weighted by Gasteiger charge is 2.36. The molecule has 0 aromatic heterocycles. The second-order valence-corrected chi connectivity index (χ2v) is 6.04. The average Bonchev–Trinajstić information content (AvgIpc) is 2.27. The summed E-state index contributed by atoms with van der Waals surface area (Å²) in [5.41, 5.74) is 4.79. The molecular weight excluding hydrogens is 257 g/mol. The van der Waals surface area contributed by atoms with E-state index in [9.17, 15) is 9.36 Å². The zero-order valence-electron chi connectivity index (χ0n) is 9.69. The van der Waals surface area contributed by atoms with E-state index in [2.05, 4.69) is 0 Å². The number of nitrogens with two attached hydrogens (primary N) is 1. The monoisotopic (exact) mass is 273 g/mol. The number of carboxylic acids is 1. The van der Waals surface area contributed by atoms with Gasteiger partial charge in [-0.3, -0.25) is 9.36 Å². The highest BCUT2D eigenvalue weighted by Crippen LogP contribution is 2.37. The average molecular weight is 273 g/mol. The highest BCUT2D eigenvalue weighted by molar-refractivity contribution is 7.51. The van der Waals surface area contributed by atoms with Gasteiger partial charge in [0.25, 0.3) is 0 Å². The maximum absolute atomic E-state index is 11.2. The topological polar surface area (TPSA) is 121 Å². The van der Waals surface area contributed by atoms with E-state index >= 15 is 0 Å². The first-order valence-electron chi connectivity index (χ1n) is 5.34. The first-order chi connectivity index (χ1) is 8.23. The van der Waals surface area contributed by atoms with E-state index in [1.807, 2.05) is 0 Å². The van der Waals surface area contributed by atoms with Crippen molar-refractivity contribution < 1.29 is 24.3 Å². The second-order valence-electron chi connectivity index (χ2n) is 4.26. The van der Waals surface area contributed by atoms with Crippen molar-refractivity contribution in [3.63, 3.8) is 0 Å². The third kappa shape index (κ3) is 4.58. The number of carbonyl (C=O) groups is 1. The predicted molar refractivity (Wildman–Crippen MR) is 66.2 cm³/mol. The molecule has 1 rings (SSSR count). The molecule has 1 aromatic rings. The molecule has 0 radical (unpaired) electrons. The Bertz CT molecular complexity index is 458. The van der Waals surface area contributed by atoms with Gasteiger partial charge in [0.05, 0.1) is 6.16 Å². The van der Waals surface area contributed by atoms with Crippen molar-refractivity contribution in [3.05, 3.63) is 35.9 Å². The van der Waals surface area contributed by atoms with Crippen molar-refractivity contribution in [2.45, 2.75) is 18.4 Å².